The molecule has 6 heteroatoms. The molecule has 5 nitrogen and oxygen atoms in total. The topological polar surface area (TPSA) is 81.4 Å². The number of ether oxygens (including phenoxy) is 1. The van der Waals surface area contributed by atoms with Crippen molar-refractivity contribution in [3.8, 4) is 0 Å². The first kappa shape index (κ1) is 16.3. The summed E-state index contributed by atoms with van der Waals surface area (Å²) in [4.78, 5) is 23.6. The van der Waals surface area contributed by atoms with Gasteiger partial charge in [-0.15, -0.1) is 0 Å². The van der Waals surface area contributed by atoms with Gasteiger partial charge in [-0.1, -0.05) is 25.4 Å². The highest BCUT2D eigenvalue weighted by Crippen LogP contribution is 2.19. The van der Waals surface area contributed by atoms with Crippen molar-refractivity contribution in [1.29, 1.82) is 0 Å². The fourth-order valence-electron chi connectivity index (χ4n) is 1.45. The lowest BCUT2D eigenvalue weighted by molar-refractivity contribution is -0.129. The molecule has 0 radical (unpaired) electrons. The van der Waals surface area contributed by atoms with E-state index in [2.05, 4.69) is 5.32 Å². The molecule has 1 rings (SSSR count). The molecule has 3 N–H and O–H groups in total. The molecule has 0 fully saturated rings. The number of benzene rings is 1. The molecule has 0 heterocycles. The average molecular weight is 299 g/mol. The zero-order chi connectivity index (χ0) is 15.3. The fourth-order valence-corrected chi connectivity index (χ4v) is 1.63. The van der Waals surface area contributed by atoms with Gasteiger partial charge in [0.25, 0.3) is 5.91 Å². The minimum absolute atomic E-state index is 0.193. The van der Waals surface area contributed by atoms with Crippen molar-refractivity contribution in [2.24, 2.45) is 5.92 Å². The number of carbonyl (C=O) groups excluding carboxylic acids is 2. The number of carbonyl (C=O) groups is 2. The first-order valence-electron chi connectivity index (χ1n) is 6.35. The summed E-state index contributed by atoms with van der Waals surface area (Å²) in [5, 5.41) is 3.13. The number of amides is 1. The second kappa shape index (κ2) is 7.14. The van der Waals surface area contributed by atoms with Crippen LogP contribution in [0.25, 0.3) is 0 Å². The third kappa shape index (κ3) is 4.74. The largest absolute Gasteiger partial charge is 0.449 e. The zero-order valence-electron chi connectivity index (χ0n) is 11.8. The van der Waals surface area contributed by atoms with E-state index >= 15 is 0 Å². The highest BCUT2D eigenvalue weighted by atomic mass is 35.5. The maximum atomic E-state index is 11.9. The molecule has 110 valence electrons. The third-order valence-electron chi connectivity index (χ3n) is 2.57. The van der Waals surface area contributed by atoms with Crippen molar-refractivity contribution < 1.29 is 14.3 Å². The van der Waals surface area contributed by atoms with Crippen molar-refractivity contribution in [2.75, 3.05) is 12.3 Å². The Morgan fingerprint density at radius 3 is 2.55 bits per heavy atom. The van der Waals surface area contributed by atoms with Crippen molar-refractivity contribution in [3.63, 3.8) is 0 Å². The molecule has 20 heavy (non-hydrogen) atoms. The van der Waals surface area contributed by atoms with Crippen molar-refractivity contribution in [2.45, 2.75) is 26.9 Å². The quantitative estimate of drug-likeness (QED) is 0.645. The molecule has 0 aliphatic carbocycles. The molecule has 1 amide bonds. The van der Waals surface area contributed by atoms with Gasteiger partial charge in [0.15, 0.2) is 6.10 Å². The van der Waals surface area contributed by atoms with Gasteiger partial charge in [-0.05, 0) is 31.0 Å². The third-order valence-corrected chi connectivity index (χ3v) is 2.81. The molecule has 1 atom stereocenters. The highest BCUT2D eigenvalue weighted by molar-refractivity contribution is 6.31. The number of esters is 1. The second-order valence-electron chi connectivity index (χ2n) is 4.92. The number of halogens is 1. The molecule has 0 saturated carbocycles. The Kier molecular flexibility index (Phi) is 5.82. The molecule has 0 bridgehead atoms. The summed E-state index contributed by atoms with van der Waals surface area (Å²) >= 11 is 5.75. The van der Waals surface area contributed by atoms with Gasteiger partial charge in [0, 0.05) is 17.3 Å². The Hall–Kier alpha value is -1.75. The van der Waals surface area contributed by atoms with Gasteiger partial charge in [0.1, 0.15) is 0 Å². The van der Waals surface area contributed by atoms with Crippen LogP contribution in [-0.2, 0) is 9.53 Å². The minimum atomic E-state index is -0.878. The SMILES string of the molecule is CC(C)CNC(=O)[C@H](C)OC(=O)c1ccc(Cl)cc1N. The summed E-state index contributed by atoms with van der Waals surface area (Å²) in [6, 6.07) is 4.47. The van der Waals surface area contributed by atoms with Crippen LogP contribution in [-0.4, -0.2) is 24.5 Å². The normalized spacial score (nSPS) is 12.1. The second-order valence-corrected chi connectivity index (χ2v) is 5.35. The van der Waals surface area contributed by atoms with E-state index in [1.54, 1.807) is 0 Å². The Morgan fingerprint density at radius 1 is 1.35 bits per heavy atom. The standard InChI is InChI=1S/C14H19ClN2O3/c1-8(2)7-17-13(18)9(3)20-14(19)11-5-4-10(15)6-12(11)16/h4-6,8-9H,7,16H2,1-3H3,(H,17,18)/t9-/m0/s1. The van der Waals surface area contributed by atoms with Gasteiger partial charge >= 0.3 is 5.97 Å². The van der Waals surface area contributed by atoms with Gasteiger partial charge in [0.2, 0.25) is 0 Å². The molecular formula is C14H19ClN2O3. The number of nitrogens with one attached hydrogen (secondary N) is 1. The van der Waals surface area contributed by atoms with Crippen molar-refractivity contribution >= 4 is 29.2 Å². The van der Waals surface area contributed by atoms with E-state index in [-0.39, 0.29) is 17.2 Å². The van der Waals surface area contributed by atoms with Crippen LogP contribution < -0.4 is 11.1 Å². The van der Waals surface area contributed by atoms with E-state index in [0.717, 1.165) is 0 Å². The average Bonchev–Trinajstić information content (AvgIpc) is 2.35. The monoisotopic (exact) mass is 298 g/mol. The predicted molar refractivity (Wildman–Crippen MR) is 78.6 cm³/mol. The van der Waals surface area contributed by atoms with Crippen LogP contribution in [0.15, 0.2) is 18.2 Å². The summed E-state index contributed by atoms with van der Waals surface area (Å²) in [6.07, 6.45) is -0.878. The van der Waals surface area contributed by atoms with Crippen LogP contribution in [0, 0.1) is 5.92 Å². The van der Waals surface area contributed by atoms with Crippen LogP contribution >= 0.6 is 11.6 Å². The van der Waals surface area contributed by atoms with Crippen molar-refractivity contribution in [3.05, 3.63) is 28.8 Å². The summed E-state index contributed by atoms with van der Waals surface area (Å²) in [5.41, 5.74) is 6.10. The van der Waals surface area contributed by atoms with Crippen LogP contribution in [0.2, 0.25) is 5.02 Å². The Labute approximate surface area is 123 Å². The Bertz CT molecular complexity index is 503. The van der Waals surface area contributed by atoms with Crippen LogP contribution in [0.4, 0.5) is 5.69 Å². The van der Waals surface area contributed by atoms with Crippen LogP contribution in [0.5, 0.6) is 0 Å². The molecule has 0 aromatic heterocycles. The zero-order valence-corrected chi connectivity index (χ0v) is 12.5. The van der Waals surface area contributed by atoms with E-state index < -0.39 is 12.1 Å². The number of nitrogens with two attached hydrogens (primary N) is 1. The lowest BCUT2D eigenvalue weighted by atomic mass is 10.2. The van der Waals surface area contributed by atoms with Gasteiger partial charge in [0.05, 0.1) is 5.56 Å². The highest BCUT2D eigenvalue weighted by Gasteiger charge is 2.20. The fraction of sp³-hybridized carbons (Fsp3) is 0.429. The molecule has 0 saturated heterocycles. The van der Waals surface area contributed by atoms with Gasteiger partial charge in [-0.25, -0.2) is 4.79 Å². The molecular weight excluding hydrogens is 280 g/mol. The minimum Gasteiger partial charge on any atom is -0.449 e. The van der Waals surface area contributed by atoms with Gasteiger partial charge in [-0.3, -0.25) is 4.79 Å². The first-order chi connectivity index (χ1) is 9.31. The van der Waals surface area contributed by atoms with Gasteiger partial charge in [-0.2, -0.15) is 0 Å². The van der Waals surface area contributed by atoms with E-state index in [1.807, 2.05) is 13.8 Å². The van der Waals surface area contributed by atoms with E-state index in [9.17, 15) is 9.59 Å². The maximum Gasteiger partial charge on any atom is 0.341 e. The number of hydrogen-bond donors (Lipinski definition) is 2. The van der Waals surface area contributed by atoms with Gasteiger partial charge < -0.3 is 15.8 Å². The number of rotatable bonds is 5. The molecule has 0 aliphatic heterocycles. The van der Waals surface area contributed by atoms with Crippen molar-refractivity contribution in [1.82, 2.24) is 5.32 Å². The Balaban J connectivity index is 2.63. The summed E-state index contributed by atoms with van der Waals surface area (Å²) in [7, 11) is 0. The lowest BCUT2D eigenvalue weighted by Gasteiger charge is -2.15. The molecule has 0 aliphatic rings. The summed E-state index contributed by atoms with van der Waals surface area (Å²) in [5.74, 6) is -0.653. The van der Waals surface area contributed by atoms with E-state index in [1.165, 1.54) is 25.1 Å². The maximum absolute atomic E-state index is 11.9. The number of anilines is 1. The summed E-state index contributed by atoms with van der Waals surface area (Å²) < 4.78 is 5.08. The molecule has 0 unspecified atom stereocenters. The van der Waals surface area contributed by atoms with E-state index in [0.29, 0.717) is 17.5 Å². The van der Waals surface area contributed by atoms with Crippen LogP contribution in [0.1, 0.15) is 31.1 Å². The van der Waals surface area contributed by atoms with Crippen LogP contribution in [0.3, 0.4) is 0 Å². The number of nitrogen functional groups attached to an aromatic ring is 1. The smallest absolute Gasteiger partial charge is 0.341 e. The first-order valence-corrected chi connectivity index (χ1v) is 6.72. The molecule has 1 aromatic carbocycles. The molecule has 0 spiro atoms. The lowest BCUT2D eigenvalue weighted by Crippen LogP contribution is -2.37. The predicted octanol–water partition coefficient (Wildman–Crippen LogP) is 2.24. The number of hydrogen-bond acceptors (Lipinski definition) is 4. The van der Waals surface area contributed by atoms with E-state index in [4.69, 9.17) is 22.1 Å². The molecule has 1 aromatic rings. The Morgan fingerprint density at radius 2 is 2.00 bits per heavy atom. The summed E-state index contributed by atoms with van der Waals surface area (Å²) in [6.45, 7) is 6.00.